The van der Waals surface area contributed by atoms with Crippen molar-refractivity contribution in [3.8, 4) is 0 Å². The first kappa shape index (κ1) is 16.5. The maximum Gasteiger partial charge on any atom is 0.0726 e. The Balaban J connectivity index is 2.38. The van der Waals surface area contributed by atoms with Crippen molar-refractivity contribution in [1.29, 1.82) is 0 Å². The van der Waals surface area contributed by atoms with E-state index < -0.39 is 0 Å². The molecule has 1 aliphatic rings. The first-order chi connectivity index (χ1) is 9.75. The third kappa shape index (κ3) is 3.32. The lowest BCUT2D eigenvalue weighted by molar-refractivity contribution is 0.148. The third-order valence-corrected chi connectivity index (χ3v) is 4.66. The third-order valence-electron chi connectivity index (χ3n) is 4.66. The first-order valence-corrected chi connectivity index (χ1v) is 8.25. The van der Waals surface area contributed by atoms with Crippen molar-refractivity contribution in [2.45, 2.75) is 65.0 Å². The zero-order chi connectivity index (χ0) is 15.8. The van der Waals surface area contributed by atoms with Crippen LogP contribution < -0.4 is 5.73 Å². The minimum absolute atomic E-state index is 0.0526. The molecular formula is C17H32N4. The molecule has 120 valence electrons. The molecular weight excluding hydrogens is 260 g/mol. The fraction of sp³-hybridized carbons (Fsp3) is 0.824. The van der Waals surface area contributed by atoms with Crippen LogP contribution >= 0.6 is 0 Å². The van der Waals surface area contributed by atoms with Gasteiger partial charge in [0.2, 0.25) is 0 Å². The minimum atomic E-state index is 0.0526. The summed E-state index contributed by atoms with van der Waals surface area (Å²) in [4.78, 5) is 2.62. The van der Waals surface area contributed by atoms with Gasteiger partial charge in [0.25, 0.3) is 0 Å². The van der Waals surface area contributed by atoms with E-state index in [1.54, 1.807) is 0 Å². The quantitative estimate of drug-likeness (QED) is 0.928. The largest absolute Gasteiger partial charge is 0.329 e. The van der Waals surface area contributed by atoms with Gasteiger partial charge in [-0.25, -0.2) is 0 Å². The molecule has 1 saturated heterocycles. The maximum absolute atomic E-state index is 6.19. The lowest BCUT2D eigenvalue weighted by atomic mass is 9.86. The van der Waals surface area contributed by atoms with Gasteiger partial charge in [-0.2, -0.15) is 5.10 Å². The van der Waals surface area contributed by atoms with E-state index >= 15 is 0 Å². The van der Waals surface area contributed by atoms with Crippen molar-refractivity contribution in [3.63, 3.8) is 0 Å². The van der Waals surface area contributed by atoms with Crippen LogP contribution in [0.5, 0.6) is 0 Å². The Morgan fingerprint density at radius 2 is 2.05 bits per heavy atom. The summed E-state index contributed by atoms with van der Waals surface area (Å²) < 4.78 is 1.94. The molecule has 0 amide bonds. The average Bonchev–Trinajstić information content (AvgIpc) is 2.97. The van der Waals surface area contributed by atoms with Crippen LogP contribution in [0.3, 0.4) is 0 Å². The van der Waals surface area contributed by atoms with Gasteiger partial charge in [0.05, 0.1) is 11.7 Å². The van der Waals surface area contributed by atoms with E-state index in [2.05, 4.69) is 45.7 Å². The number of aryl methyl sites for hydroxylation is 1. The molecule has 4 heteroatoms. The zero-order valence-corrected chi connectivity index (χ0v) is 14.6. The Labute approximate surface area is 129 Å². The number of nitrogens with two attached hydrogens (primary N) is 1. The van der Waals surface area contributed by atoms with E-state index in [1.807, 2.05) is 11.7 Å². The molecule has 1 aliphatic heterocycles. The van der Waals surface area contributed by atoms with Gasteiger partial charge in [0.15, 0.2) is 0 Å². The first-order valence-electron chi connectivity index (χ1n) is 8.25. The van der Waals surface area contributed by atoms with E-state index in [1.165, 1.54) is 24.1 Å². The average molecular weight is 292 g/mol. The second-order valence-corrected chi connectivity index (χ2v) is 7.80. The van der Waals surface area contributed by atoms with E-state index in [9.17, 15) is 0 Å². The molecule has 0 aliphatic carbocycles. The van der Waals surface area contributed by atoms with Gasteiger partial charge in [0.1, 0.15) is 0 Å². The van der Waals surface area contributed by atoms with Crippen LogP contribution in [0.4, 0.5) is 0 Å². The van der Waals surface area contributed by atoms with E-state index in [4.69, 9.17) is 10.8 Å². The smallest absolute Gasteiger partial charge is 0.0726 e. The Morgan fingerprint density at radius 3 is 2.57 bits per heavy atom. The van der Waals surface area contributed by atoms with Crippen molar-refractivity contribution in [2.75, 3.05) is 13.1 Å². The molecule has 0 aromatic carbocycles. The van der Waals surface area contributed by atoms with Crippen LogP contribution in [-0.4, -0.2) is 33.8 Å². The van der Waals surface area contributed by atoms with Crippen LogP contribution in [0.2, 0.25) is 0 Å². The van der Waals surface area contributed by atoms with E-state index in [-0.39, 0.29) is 5.41 Å². The SMILES string of the molecule is CC(C)C1CCCN1C(CN)c1cn(C)nc1C(C)(C)C. The Hall–Kier alpha value is -0.870. The van der Waals surface area contributed by atoms with E-state index in [0.29, 0.717) is 24.5 Å². The summed E-state index contributed by atoms with van der Waals surface area (Å²) in [5, 5.41) is 4.73. The number of hydrogen-bond donors (Lipinski definition) is 1. The second kappa shape index (κ2) is 6.09. The van der Waals surface area contributed by atoms with Crippen molar-refractivity contribution >= 4 is 0 Å². The maximum atomic E-state index is 6.19. The summed E-state index contributed by atoms with van der Waals surface area (Å²) in [5.41, 5.74) is 8.75. The van der Waals surface area contributed by atoms with Gasteiger partial charge < -0.3 is 5.73 Å². The predicted molar refractivity (Wildman–Crippen MR) is 88.3 cm³/mol. The topological polar surface area (TPSA) is 47.1 Å². The summed E-state index contributed by atoms with van der Waals surface area (Å²) >= 11 is 0. The molecule has 1 fully saturated rings. The molecule has 2 heterocycles. The number of nitrogens with zero attached hydrogens (tertiary/aromatic N) is 3. The molecule has 1 aromatic rings. The van der Waals surface area contributed by atoms with Gasteiger partial charge in [-0.05, 0) is 25.3 Å². The highest BCUT2D eigenvalue weighted by molar-refractivity contribution is 5.28. The molecule has 0 spiro atoms. The molecule has 21 heavy (non-hydrogen) atoms. The van der Waals surface area contributed by atoms with Crippen LogP contribution in [0.25, 0.3) is 0 Å². The summed E-state index contributed by atoms with van der Waals surface area (Å²) in [5.74, 6) is 0.677. The van der Waals surface area contributed by atoms with Crippen molar-refractivity contribution in [1.82, 2.24) is 14.7 Å². The van der Waals surface area contributed by atoms with Gasteiger partial charge in [-0.1, -0.05) is 34.6 Å². The van der Waals surface area contributed by atoms with Crippen LogP contribution in [0, 0.1) is 5.92 Å². The molecule has 2 atom stereocenters. The lowest BCUT2D eigenvalue weighted by Gasteiger charge is -2.35. The lowest BCUT2D eigenvalue weighted by Crippen LogP contribution is -2.40. The molecule has 2 unspecified atom stereocenters. The van der Waals surface area contributed by atoms with Gasteiger partial charge >= 0.3 is 0 Å². The Bertz CT molecular complexity index is 470. The highest BCUT2D eigenvalue weighted by Crippen LogP contribution is 2.36. The summed E-state index contributed by atoms with van der Waals surface area (Å²) in [6.45, 7) is 13.2. The standard InChI is InChI=1S/C17H32N4/c1-12(2)14-8-7-9-21(14)15(10-18)13-11-20(6)19-16(13)17(3,4)5/h11-12,14-15H,7-10,18H2,1-6H3. The summed E-state index contributed by atoms with van der Waals surface area (Å²) in [7, 11) is 2.01. The minimum Gasteiger partial charge on any atom is -0.329 e. The Kier molecular flexibility index (Phi) is 4.79. The highest BCUT2D eigenvalue weighted by Gasteiger charge is 2.36. The van der Waals surface area contributed by atoms with Gasteiger partial charge in [-0.15, -0.1) is 0 Å². The number of likely N-dealkylation sites (tertiary alicyclic amines) is 1. The number of hydrogen-bond acceptors (Lipinski definition) is 3. The van der Waals surface area contributed by atoms with Crippen LogP contribution in [0.15, 0.2) is 6.20 Å². The molecule has 0 radical (unpaired) electrons. The van der Waals surface area contributed by atoms with Crippen molar-refractivity contribution in [2.24, 2.45) is 18.7 Å². The Morgan fingerprint density at radius 1 is 1.38 bits per heavy atom. The fourth-order valence-electron chi connectivity index (χ4n) is 3.69. The molecule has 1 aromatic heterocycles. The molecule has 0 saturated carbocycles. The monoisotopic (exact) mass is 292 g/mol. The highest BCUT2D eigenvalue weighted by atomic mass is 15.3. The number of aromatic nitrogens is 2. The van der Waals surface area contributed by atoms with Crippen molar-refractivity contribution < 1.29 is 0 Å². The summed E-state index contributed by atoms with van der Waals surface area (Å²) in [6, 6.07) is 0.939. The van der Waals surface area contributed by atoms with Crippen LogP contribution in [-0.2, 0) is 12.5 Å². The fourth-order valence-corrected chi connectivity index (χ4v) is 3.69. The molecule has 4 nitrogen and oxygen atoms in total. The van der Waals surface area contributed by atoms with Crippen LogP contribution in [0.1, 0.15) is 64.8 Å². The number of rotatable bonds is 4. The van der Waals surface area contributed by atoms with Gasteiger partial charge in [0, 0.05) is 36.8 Å². The van der Waals surface area contributed by atoms with E-state index in [0.717, 1.165) is 6.54 Å². The summed E-state index contributed by atoms with van der Waals surface area (Å²) in [6.07, 6.45) is 4.75. The molecule has 2 N–H and O–H groups in total. The van der Waals surface area contributed by atoms with Gasteiger partial charge in [-0.3, -0.25) is 9.58 Å². The normalized spacial score (nSPS) is 22.2. The predicted octanol–water partition coefficient (Wildman–Crippen LogP) is 2.84. The molecule has 2 rings (SSSR count). The second-order valence-electron chi connectivity index (χ2n) is 7.80. The zero-order valence-electron chi connectivity index (χ0n) is 14.6. The van der Waals surface area contributed by atoms with Crippen molar-refractivity contribution in [3.05, 3.63) is 17.5 Å². The molecule has 0 bridgehead atoms.